The Morgan fingerprint density at radius 2 is 2.04 bits per heavy atom. The van der Waals surface area contributed by atoms with E-state index in [1.54, 1.807) is 0 Å². The van der Waals surface area contributed by atoms with Crippen LogP contribution in [-0.2, 0) is 4.79 Å². The maximum atomic E-state index is 11.4. The summed E-state index contributed by atoms with van der Waals surface area (Å²) >= 11 is 1.53. The van der Waals surface area contributed by atoms with Crippen LogP contribution < -0.4 is 11.1 Å². The summed E-state index contributed by atoms with van der Waals surface area (Å²) in [6.45, 7) is 0. The quantitative estimate of drug-likeness (QED) is 0.797. The molecule has 1 aliphatic carbocycles. The molecule has 0 spiro atoms. The summed E-state index contributed by atoms with van der Waals surface area (Å²) in [5.41, 5.74) is 7.17. The number of amides is 3. The van der Waals surface area contributed by atoms with Crippen molar-refractivity contribution < 1.29 is 9.59 Å². The molecule has 120 valence electrons. The Morgan fingerprint density at radius 1 is 1.30 bits per heavy atom. The highest BCUT2D eigenvalue weighted by Crippen LogP contribution is 2.41. The summed E-state index contributed by atoms with van der Waals surface area (Å²) in [5.74, 6) is 0.190. The first-order chi connectivity index (χ1) is 11.1. The number of aromatic nitrogens is 2. The van der Waals surface area contributed by atoms with Crippen molar-refractivity contribution in [2.24, 2.45) is 5.73 Å². The van der Waals surface area contributed by atoms with Gasteiger partial charge in [-0.2, -0.15) is 0 Å². The highest BCUT2D eigenvalue weighted by molar-refractivity contribution is 7.99. The van der Waals surface area contributed by atoms with E-state index in [-0.39, 0.29) is 12.3 Å². The second-order valence-electron chi connectivity index (χ2n) is 5.40. The highest BCUT2D eigenvalue weighted by atomic mass is 32.2. The number of carbonyl (C=O) groups excluding carboxylic acids is 2. The van der Waals surface area contributed by atoms with E-state index < -0.39 is 6.03 Å². The number of nitrogens with zero attached hydrogens (tertiary/aromatic N) is 2. The average Bonchev–Trinajstić information content (AvgIpc) is 3.28. The fraction of sp³-hybridized carbons (Fsp3) is 0.312. The summed E-state index contributed by atoms with van der Waals surface area (Å²) < 4.78 is 2.26. The summed E-state index contributed by atoms with van der Waals surface area (Å²) in [7, 11) is 0. The third-order valence-corrected chi connectivity index (χ3v) is 4.54. The van der Waals surface area contributed by atoms with Crippen molar-refractivity contribution in [3.8, 4) is 11.3 Å². The number of urea groups is 1. The van der Waals surface area contributed by atoms with E-state index in [0.29, 0.717) is 11.8 Å². The van der Waals surface area contributed by atoms with E-state index in [4.69, 9.17) is 5.73 Å². The van der Waals surface area contributed by atoms with E-state index >= 15 is 0 Å². The number of nitrogens with one attached hydrogen (secondary N) is 1. The summed E-state index contributed by atoms with van der Waals surface area (Å²) in [4.78, 5) is 26.6. The van der Waals surface area contributed by atoms with Gasteiger partial charge in [-0.1, -0.05) is 42.1 Å². The lowest BCUT2D eigenvalue weighted by atomic mass is 10.2. The molecular weight excluding hydrogens is 312 g/mol. The normalized spacial score (nSPS) is 13.7. The van der Waals surface area contributed by atoms with Crippen LogP contribution in [0.3, 0.4) is 0 Å². The minimum atomic E-state index is -0.814. The standard InChI is InChI=1S/C16H18N4O2S/c17-15(22)19-14(21)8-9-23-16-18-10-13(20(16)12-6-7-12)11-4-2-1-3-5-11/h1-5,10,12H,6-9H2,(H3,17,19,21,22). The van der Waals surface area contributed by atoms with Crippen LogP contribution in [0.1, 0.15) is 25.3 Å². The van der Waals surface area contributed by atoms with E-state index in [0.717, 1.165) is 29.3 Å². The number of benzene rings is 1. The molecule has 3 N–H and O–H groups in total. The van der Waals surface area contributed by atoms with Gasteiger partial charge in [-0.15, -0.1) is 0 Å². The molecule has 1 aliphatic rings. The number of imide groups is 1. The van der Waals surface area contributed by atoms with Crippen LogP contribution >= 0.6 is 11.8 Å². The van der Waals surface area contributed by atoms with Gasteiger partial charge >= 0.3 is 6.03 Å². The van der Waals surface area contributed by atoms with Crippen molar-refractivity contribution in [2.45, 2.75) is 30.5 Å². The van der Waals surface area contributed by atoms with Gasteiger partial charge in [0.15, 0.2) is 5.16 Å². The molecule has 1 saturated carbocycles. The predicted molar refractivity (Wildman–Crippen MR) is 89.0 cm³/mol. The van der Waals surface area contributed by atoms with Crippen molar-refractivity contribution >= 4 is 23.7 Å². The number of thioether (sulfide) groups is 1. The number of rotatable bonds is 6. The van der Waals surface area contributed by atoms with Crippen molar-refractivity contribution in [3.05, 3.63) is 36.5 Å². The molecule has 3 amide bonds. The zero-order valence-electron chi connectivity index (χ0n) is 12.6. The third kappa shape index (κ3) is 3.92. The second kappa shape index (κ2) is 6.87. The van der Waals surface area contributed by atoms with Gasteiger partial charge in [0.25, 0.3) is 0 Å². The Morgan fingerprint density at radius 3 is 2.70 bits per heavy atom. The molecule has 2 aromatic rings. The molecule has 0 bridgehead atoms. The van der Waals surface area contributed by atoms with E-state index in [9.17, 15) is 9.59 Å². The van der Waals surface area contributed by atoms with E-state index in [1.165, 1.54) is 11.8 Å². The zero-order chi connectivity index (χ0) is 16.2. The number of carbonyl (C=O) groups is 2. The van der Waals surface area contributed by atoms with Crippen LogP contribution in [0.15, 0.2) is 41.7 Å². The second-order valence-corrected chi connectivity index (χ2v) is 6.47. The molecule has 0 aliphatic heterocycles. The molecule has 1 fully saturated rings. The van der Waals surface area contributed by atoms with E-state index in [1.807, 2.05) is 24.4 Å². The van der Waals surface area contributed by atoms with Gasteiger partial charge in [0.05, 0.1) is 11.9 Å². The summed E-state index contributed by atoms with van der Waals surface area (Å²) in [6, 6.07) is 9.85. The lowest BCUT2D eigenvalue weighted by Crippen LogP contribution is -2.35. The van der Waals surface area contributed by atoms with Gasteiger partial charge in [-0.3, -0.25) is 10.1 Å². The highest BCUT2D eigenvalue weighted by Gasteiger charge is 2.29. The number of hydrogen-bond donors (Lipinski definition) is 2. The SMILES string of the molecule is NC(=O)NC(=O)CCSc1ncc(-c2ccccc2)n1C1CC1. The molecular formula is C16H18N4O2S. The monoisotopic (exact) mass is 330 g/mol. The van der Waals surface area contributed by atoms with E-state index in [2.05, 4.69) is 27.0 Å². The first kappa shape index (κ1) is 15.6. The van der Waals surface area contributed by atoms with Crippen LogP contribution in [0.2, 0.25) is 0 Å². The van der Waals surface area contributed by atoms with Crippen LogP contribution in [-0.4, -0.2) is 27.2 Å². The fourth-order valence-corrected chi connectivity index (χ4v) is 3.38. The van der Waals surface area contributed by atoms with Crippen LogP contribution in [0, 0.1) is 0 Å². The summed E-state index contributed by atoms with van der Waals surface area (Å²) in [6.07, 6.45) is 4.43. The Kier molecular flexibility index (Phi) is 4.66. The molecule has 7 heteroatoms. The van der Waals surface area contributed by atoms with Gasteiger partial charge in [-0.25, -0.2) is 9.78 Å². The summed E-state index contributed by atoms with van der Waals surface area (Å²) in [5, 5.41) is 2.98. The average molecular weight is 330 g/mol. The van der Waals surface area contributed by atoms with Crippen LogP contribution in [0.5, 0.6) is 0 Å². The largest absolute Gasteiger partial charge is 0.351 e. The maximum absolute atomic E-state index is 11.4. The van der Waals surface area contributed by atoms with Gasteiger partial charge < -0.3 is 10.3 Å². The van der Waals surface area contributed by atoms with Crippen molar-refractivity contribution in [2.75, 3.05) is 5.75 Å². The Bertz CT molecular complexity index is 710. The number of hydrogen-bond acceptors (Lipinski definition) is 4. The number of primary amides is 1. The molecule has 0 saturated heterocycles. The zero-order valence-corrected chi connectivity index (χ0v) is 13.4. The lowest BCUT2D eigenvalue weighted by Gasteiger charge is -2.10. The van der Waals surface area contributed by atoms with Gasteiger partial charge in [0.1, 0.15) is 0 Å². The van der Waals surface area contributed by atoms with Crippen LogP contribution in [0.4, 0.5) is 4.79 Å². The van der Waals surface area contributed by atoms with Crippen molar-refractivity contribution in [1.29, 1.82) is 0 Å². The molecule has 1 heterocycles. The van der Waals surface area contributed by atoms with Gasteiger partial charge in [0, 0.05) is 18.2 Å². The molecule has 0 radical (unpaired) electrons. The van der Waals surface area contributed by atoms with Crippen LogP contribution in [0.25, 0.3) is 11.3 Å². The molecule has 3 rings (SSSR count). The van der Waals surface area contributed by atoms with Gasteiger partial charge in [-0.05, 0) is 18.4 Å². The fourth-order valence-electron chi connectivity index (χ4n) is 2.39. The molecule has 0 atom stereocenters. The Balaban J connectivity index is 1.70. The van der Waals surface area contributed by atoms with Crippen molar-refractivity contribution in [3.63, 3.8) is 0 Å². The molecule has 1 aromatic carbocycles. The lowest BCUT2D eigenvalue weighted by molar-refractivity contribution is -0.119. The van der Waals surface area contributed by atoms with Crippen molar-refractivity contribution in [1.82, 2.24) is 14.9 Å². The first-order valence-corrected chi connectivity index (χ1v) is 8.48. The molecule has 0 unspecified atom stereocenters. The first-order valence-electron chi connectivity index (χ1n) is 7.50. The minimum absolute atomic E-state index is 0.228. The Labute approximate surface area is 138 Å². The topological polar surface area (TPSA) is 90.0 Å². The number of nitrogens with two attached hydrogens (primary N) is 1. The third-order valence-electron chi connectivity index (χ3n) is 3.57. The molecule has 1 aromatic heterocycles. The molecule has 23 heavy (non-hydrogen) atoms. The van der Waals surface area contributed by atoms with Gasteiger partial charge in [0.2, 0.25) is 5.91 Å². The Hall–Kier alpha value is -2.28. The number of imidazole rings is 1. The smallest absolute Gasteiger partial charge is 0.318 e. The maximum Gasteiger partial charge on any atom is 0.318 e. The molecule has 6 nitrogen and oxygen atoms in total. The minimum Gasteiger partial charge on any atom is -0.351 e. The predicted octanol–water partition coefficient (Wildman–Crippen LogP) is 2.56.